The molecule has 1 N–H and O–H groups in total. The minimum Gasteiger partial charge on any atom is -0.342 e. The molecule has 0 fully saturated rings. The molecule has 1 aromatic carbocycles. The Labute approximate surface area is 124 Å². The van der Waals surface area contributed by atoms with Crippen molar-refractivity contribution in [1.29, 1.82) is 0 Å². The second-order valence-corrected chi connectivity index (χ2v) is 5.90. The Morgan fingerprint density at radius 1 is 1.33 bits per heavy atom. The maximum absolute atomic E-state index is 12.4. The van der Waals surface area contributed by atoms with Gasteiger partial charge in [-0.2, -0.15) is 4.98 Å². The van der Waals surface area contributed by atoms with E-state index in [2.05, 4.69) is 15.5 Å². The van der Waals surface area contributed by atoms with Crippen molar-refractivity contribution in [3.8, 4) is 0 Å². The number of benzene rings is 1. The highest BCUT2D eigenvalue weighted by molar-refractivity contribution is 5.83. The minimum atomic E-state index is -0.698. The summed E-state index contributed by atoms with van der Waals surface area (Å²) in [6, 6.07) is 7.95. The standard InChI is InChI=1S/C16H21N3O2/c1-10-7-6-8-13(9-10)11(2)14(20)18-16(4,5)15-17-12(3)19-21-15/h6-9,11H,1-5H3,(H,18,20). The molecule has 0 radical (unpaired) electrons. The van der Waals surface area contributed by atoms with Gasteiger partial charge in [0.2, 0.25) is 5.91 Å². The van der Waals surface area contributed by atoms with E-state index in [9.17, 15) is 4.79 Å². The molecule has 0 saturated heterocycles. The number of rotatable bonds is 4. The van der Waals surface area contributed by atoms with E-state index in [0.717, 1.165) is 11.1 Å². The highest BCUT2D eigenvalue weighted by Gasteiger charge is 2.31. The number of carbonyl (C=O) groups excluding carboxylic acids is 1. The number of hydrogen-bond donors (Lipinski definition) is 1. The summed E-state index contributed by atoms with van der Waals surface area (Å²) in [5.74, 6) is 0.651. The first-order valence-electron chi connectivity index (χ1n) is 6.99. The van der Waals surface area contributed by atoms with E-state index in [-0.39, 0.29) is 11.8 Å². The number of aromatic nitrogens is 2. The SMILES string of the molecule is Cc1cccc(C(C)C(=O)NC(C)(C)c2nc(C)no2)c1. The average molecular weight is 287 g/mol. The lowest BCUT2D eigenvalue weighted by Gasteiger charge is -2.24. The molecule has 21 heavy (non-hydrogen) atoms. The number of amides is 1. The van der Waals surface area contributed by atoms with E-state index >= 15 is 0 Å². The fraction of sp³-hybridized carbons (Fsp3) is 0.438. The van der Waals surface area contributed by atoms with Crippen molar-refractivity contribution in [3.05, 3.63) is 47.1 Å². The van der Waals surface area contributed by atoms with Gasteiger partial charge >= 0.3 is 0 Å². The topological polar surface area (TPSA) is 68.0 Å². The summed E-state index contributed by atoms with van der Waals surface area (Å²) >= 11 is 0. The van der Waals surface area contributed by atoms with Gasteiger partial charge in [0.25, 0.3) is 5.89 Å². The molecule has 5 heteroatoms. The van der Waals surface area contributed by atoms with Gasteiger partial charge in [-0.05, 0) is 40.2 Å². The first-order chi connectivity index (χ1) is 9.79. The molecule has 0 spiro atoms. The predicted octanol–water partition coefficient (Wildman–Crippen LogP) is 2.84. The molecule has 1 heterocycles. The average Bonchev–Trinajstić information content (AvgIpc) is 2.85. The van der Waals surface area contributed by atoms with Crippen LogP contribution in [0.5, 0.6) is 0 Å². The molecule has 0 aliphatic rings. The monoisotopic (exact) mass is 287 g/mol. The number of nitrogens with zero attached hydrogens (tertiary/aromatic N) is 2. The van der Waals surface area contributed by atoms with Crippen molar-refractivity contribution >= 4 is 5.91 Å². The molecule has 0 saturated carbocycles. The highest BCUT2D eigenvalue weighted by atomic mass is 16.5. The summed E-state index contributed by atoms with van der Waals surface area (Å²) in [5.41, 5.74) is 1.43. The normalized spacial score (nSPS) is 13.0. The summed E-state index contributed by atoms with van der Waals surface area (Å²) in [6.07, 6.45) is 0. The number of nitrogens with one attached hydrogen (secondary N) is 1. The summed E-state index contributed by atoms with van der Waals surface area (Å²) in [6.45, 7) is 9.35. The maximum atomic E-state index is 12.4. The third-order valence-corrected chi connectivity index (χ3v) is 3.43. The largest absolute Gasteiger partial charge is 0.342 e. The Balaban J connectivity index is 2.13. The maximum Gasteiger partial charge on any atom is 0.251 e. The zero-order chi connectivity index (χ0) is 15.6. The van der Waals surface area contributed by atoms with Crippen LogP contribution in [0.15, 0.2) is 28.8 Å². The quantitative estimate of drug-likeness (QED) is 0.939. The van der Waals surface area contributed by atoms with Crippen LogP contribution in [0.3, 0.4) is 0 Å². The number of carbonyl (C=O) groups is 1. The Kier molecular flexibility index (Phi) is 4.11. The molecule has 2 rings (SSSR count). The molecule has 0 bridgehead atoms. The van der Waals surface area contributed by atoms with E-state index < -0.39 is 5.54 Å². The summed E-state index contributed by atoms with van der Waals surface area (Å²) in [5, 5.41) is 6.74. The highest BCUT2D eigenvalue weighted by Crippen LogP contribution is 2.22. The zero-order valence-electron chi connectivity index (χ0n) is 13.1. The van der Waals surface area contributed by atoms with E-state index in [4.69, 9.17) is 4.52 Å². The van der Waals surface area contributed by atoms with Crippen LogP contribution in [-0.2, 0) is 10.3 Å². The smallest absolute Gasteiger partial charge is 0.251 e. The van der Waals surface area contributed by atoms with Gasteiger partial charge in [0, 0.05) is 0 Å². The third kappa shape index (κ3) is 3.48. The van der Waals surface area contributed by atoms with Gasteiger partial charge < -0.3 is 9.84 Å². The predicted molar refractivity (Wildman–Crippen MR) is 79.8 cm³/mol. The van der Waals surface area contributed by atoms with Gasteiger partial charge in [-0.25, -0.2) is 0 Å². The van der Waals surface area contributed by atoms with Crippen molar-refractivity contribution in [2.75, 3.05) is 0 Å². The van der Waals surface area contributed by atoms with Crippen LogP contribution in [0, 0.1) is 13.8 Å². The van der Waals surface area contributed by atoms with Crippen molar-refractivity contribution in [2.24, 2.45) is 0 Å². The van der Waals surface area contributed by atoms with Crippen LogP contribution in [0.2, 0.25) is 0 Å². The van der Waals surface area contributed by atoms with Crippen molar-refractivity contribution < 1.29 is 9.32 Å². The fourth-order valence-corrected chi connectivity index (χ4v) is 2.11. The van der Waals surface area contributed by atoms with Crippen LogP contribution in [0.25, 0.3) is 0 Å². The van der Waals surface area contributed by atoms with Gasteiger partial charge in [-0.3, -0.25) is 4.79 Å². The molecular weight excluding hydrogens is 266 g/mol. The summed E-state index contributed by atoms with van der Waals surface area (Å²) in [4.78, 5) is 16.6. The summed E-state index contributed by atoms with van der Waals surface area (Å²) in [7, 11) is 0. The zero-order valence-corrected chi connectivity index (χ0v) is 13.1. The van der Waals surface area contributed by atoms with Crippen LogP contribution in [0.4, 0.5) is 0 Å². The molecule has 1 atom stereocenters. The number of hydrogen-bond acceptors (Lipinski definition) is 4. The Morgan fingerprint density at radius 2 is 2.05 bits per heavy atom. The molecule has 1 aromatic heterocycles. The van der Waals surface area contributed by atoms with E-state index in [1.165, 1.54) is 0 Å². The first kappa shape index (κ1) is 15.2. The Hall–Kier alpha value is -2.17. The van der Waals surface area contributed by atoms with E-state index in [1.807, 2.05) is 52.0 Å². The van der Waals surface area contributed by atoms with Gasteiger partial charge in [-0.15, -0.1) is 0 Å². The molecular formula is C16H21N3O2. The Bertz CT molecular complexity index is 646. The van der Waals surface area contributed by atoms with Gasteiger partial charge in [0.05, 0.1) is 5.92 Å². The molecule has 0 aliphatic carbocycles. The second kappa shape index (κ2) is 5.68. The molecule has 112 valence electrons. The number of aryl methyl sites for hydroxylation is 2. The van der Waals surface area contributed by atoms with Crippen LogP contribution >= 0.6 is 0 Å². The van der Waals surface area contributed by atoms with Crippen molar-refractivity contribution in [3.63, 3.8) is 0 Å². The Morgan fingerprint density at radius 3 is 2.62 bits per heavy atom. The van der Waals surface area contributed by atoms with Gasteiger partial charge in [0.1, 0.15) is 5.54 Å². The minimum absolute atomic E-state index is 0.0681. The van der Waals surface area contributed by atoms with Crippen molar-refractivity contribution in [1.82, 2.24) is 15.5 Å². The second-order valence-electron chi connectivity index (χ2n) is 5.90. The van der Waals surface area contributed by atoms with Crippen LogP contribution in [-0.4, -0.2) is 16.0 Å². The van der Waals surface area contributed by atoms with E-state index in [1.54, 1.807) is 6.92 Å². The molecule has 0 aliphatic heterocycles. The van der Waals surface area contributed by atoms with Crippen LogP contribution in [0.1, 0.15) is 49.5 Å². The fourth-order valence-electron chi connectivity index (χ4n) is 2.11. The van der Waals surface area contributed by atoms with Gasteiger partial charge in [-0.1, -0.05) is 35.0 Å². The third-order valence-electron chi connectivity index (χ3n) is 3.43. The lowest BCUT2D eigenvalue weighted by atomic mass is 9.96. The van der Waals surface area contributed by atoms with Crippen LogP contribution < -0.4 is 5.32 Å². The van der Waals surface area contributed by atoms with Crippen molar-refractivity contribution in [2.45, 2.75) is 46.1 Å². The first-order valence-corrected chi connectivity index (χ1v) is 6.99. The van der Waals surface area contributed by atoms with E-state index in [0.29, 0.717) is 11.7 Å². The summed E-state index contributed by atoms with van der Waals surface area (Å²) < 4.78 is 5.16. The molecule has 2 aromatic rings. The molecule has 1 unspecified atom stereocenters. The lowest BCUT2D eigenvalue weighted by Crippen LogP contribution is -2.43. The lowest BCUT2D eigenvalue weighted by molar-refractivity contribution is -0.124. The molecule has 1 amide bonds. The van der Waals surface area contributed by atoms with Gasteiger partial charge in [0.15, 0.2) is 5.82 Å². The molecule has 5 nitrogen and oxygen atoms in total.